The lowest BCUT2D eigenvalue weighted by atomic mass is 10.2. The topological polar surface area (TPSA) is 57.0 Å². The van der Waals surface area contributed by atoms with Gasteiger partial charge >= 0.3 is 0 Å². The van der Waals surface area contributed by atoms with Gasteiger partial charge in [0.2, 0.25) is 0 Å². The van der Waals surface area contributed by atoms with Crippen LogP contribution in [0, 0.1) is 0 Å². The number of imidazole rings is 1. The Hall–Kier alpha value is -2.08. The number of likely N-dealkylation sites (N-methyl/N-ethyl adjacent to an activating group) is 1. The van der Waals surface area contributed by atoms with Crippen molar-refractivity contribution in [2.24, 2.45) is 4.99 Å². The van der Waals surface area contributed by atoms with Gasteiger partial charge in [-0.2, -0.15) is 0 Å². The van der Waals surface area contributed by atoms with Gasteiger partial charge in [-0.05, 0) is 38.1 Å². The van der Waals surface area contributed by atoms with Crippen LogP contribution in [0.3, 0.4) is 0 Å². The summed E-state index contributed by atoms with van der Waals surface area (Å²) >= 11 is 0. The fraction of sp³-hybridized carbons (Fsp3) is 0.556. The second-order valence-electron chi connectivity index (χ2n) is 6.25. The zero-order chi connectivity index (χ0) is 16.8. The third kappa shape index (κ3) is 4.06. The molecule has 24 heavy (non-hydrogen) atoms. The summed E-state index contributed by atoms with van der Waals surface area (Å²) in [5, 5.41) is 6.85. The van der Waals surface area contributed by atoms with Crippen LogP contribution in [0.1, 0.15) is 25.5 Å². The van der Waals surface area contributed by atoms with Gasteiger partial charge in [0.1, 0.15) is 5.65 Å². The molecule has 3 heterocycles. The van der Waals surface area contributed by atoms with Gasteiger partial charge in [0.25, 0.3) is 0 Å². The Labute approximate surface area is 144 Å². The molecular weight excluding hydrogens is 300 g/mol. The minimum absolute atomic E-state index is 0.631. The average Bonchev–Trinajstić information content (AvgIpc) is 3.23. The van der Waals surface area contributed by atoms with E-state index >= 15 is 0 Å². The predicted octanol–water partition coefficient (Wildman–Crippen LogP) is 1.53. The molecule has 1 fully saturated rings. The maximum atomic E-state index is 4.62. The number of guanidine groups is 1. The van der Waals surface area contributed by atoms with Gasteiger partial charge in [0.05, 0.1) is 5.69 Å². The van der Waals surface area contributed by atoms with Gasteiger partial charge in [-0.25, -0.2) is 4.98 Å². The van der Waals surface area contributed by atoms with Crippen LogP contribution in [0.2, 0.25) is 0 Å². The van der Waals surface area contributed by atoms with Crippen molar-refractivity contribution >= 4 is 11.6 Å². The van der Waals surface area contributed by atoms with Crippen LogP contribution >= 0.6 is 0 Å². The van der Waals surface area contributed by atoms with Crippen LogP contribution in [0.5, 0.6) is 0 Å². The number of hydrogen-bond acceptors (Lipinski definition) is 3. The van der Waals surface area contributed by atoms with E-state index in [-0.39, 0.29) is 0 Å². The summed E-state index contributed by atoms with van der Waals surface area (Å²) in [6.07, 6.45) is 7.58. The molecule has 0 bridgehead atoms. The van der Waals surface area contributed by atoms with Crippen LogP contribution in [0.4, 0.5) is 0 Å². The first-order valence-electron chi connectivity index (χ1n) is 8.91. The Morgan fingerprint density at radius 2 is 2.29 bits per heavy atom. The van der Waals surface area contributed by atoms with E-state index in [1.54, 1.807) is 0 Å². The minimum atomic E-state index is 0.631. The van der Waals surface area contributed by atoms with Crippen molar-refractivity contribution in [1.29, 1.82) is 0 Å². The van der Waals surface area contributed by atoms with Crippen molar-refractivity contribution < 1.29 is 0 Å². The van der Waals surface area contributed by atoms with E-state index in [1.807, 2.05) is 31.4 Å². The summed E-state index contributed by atoms with van der Waals surface area (Å²) in [4.78, 5) is 11.5. The second-order valence-corrected chi connectivity index (χ2v) is 6.25. The van der Waals surface area contributed by atoms with Crippen molar-refractivity contribution in [2.45, 2.75) is 32.2 Å². The highest BCUT2D eigenvalue weighted by molar-refractivity contribution is 5.79. The third-order valence-electron chi connectivity index (χ3n) is 4.72. The van der Waals surface area contributed by atoms with E-state index in [1.165, 1.54) is 19.4 Å². The molecule has 1 unspecified atom stereocenters. The average molecular weight is 328 g/mol. The Kier molecular flexibility index (Phi) is 5.69. The molecule has 0 saturated carbocycles. The quantitative estimate of drug-likeness (QED) is 0.624. The van der Waals surface area contributed by atoms with Crippen molar-refractivity contribution in [2.75, 3.05) is 33.2 Å². The maximum Gasteiger partial charge on any atom is 0.191 e. The largest absolute Gasteiger partial charge is 0.356 e. The van der Waals surface area contributed by atoms with Crippen molar-refractivity contribution in [3.8, 4) is 0 Å². The highest BCUT2D eigenvalue weighted by atomic mass is 15.2. The normalized spacial score (nSPS) is 19.1. The molecular formula is C18H28N6. The number of nitrogens with one attached hydrogen (secondary N) is 2. The van der Waals surface area contributed by atoms with Crippen LogP contribution in [0.25, 0.3) is 5.65 Å². The highest BCUT2D eigenvalue weighted by Crippen LogP contribution is 2.15. The van der Waals surface area contributed by atoms with Gasteiger partial charge in [-0.15, -0.1) is 0 Å². The van der Waals surface area contributed by atoms with E-state index in [9.17, 15) is 0 Å². The Morgan fingerprint density at radius 1 is 1.38 bits per heavy atom. The fourth-order valence-electron chi connectivity index (χ4n) is 3.39. The van der Waals surface area contributed by atoms with E-state index in [0.29, 0.717) is 6.04 Å². The zero-order valence-electron chi connectivity index (χ0n) is 14.7. The number of likely N-dealkylation sites (tertiary alicyclic amines) is 1. The predicted molar refractivity (Wildman–Crippen MR) is 98.5 cm³/mol. The molecule has 0 aliphatic carbocycles. The third-order valence-corrected chi connectivity index (χ3v) is 4.72. The summed E-state index contributed by atoms with van der Waals surface area (Å²) < 4.78 is 2.06. The molecule has 2 aromatic rings. The molecule has 1 atom stereocenters. The lowest BCUT2D eigenvalue weighted by molar-refractivity contribution is 0.267. The molecule has 3 rings (SSSR count). The Morgan fingerprint density at radius 3 is 3.08 bits per heavy atom. The fourth-order valence-corrected chi connectivity index (χ4v) is 3.39. The molecule has 1 aliphatic rings. The molecule has 0 amide bonds. The zero-order valence-corrected chi connectivity index (χ0v) is 14.7. The molecule has 0 spiro atoms. The first-order chi connectivity index (χ1) is 11.8. The number of nitrogens with zero attached hydrogens (tertiary/aromatic N) is 4. The second kappa shape index (κ2) is 8.15. The molecule has 2 N–H and O–H groups in total. The number of pyridine rings is 1. The minimum Gasteiger partial charge on any atom is -0.356 e. The number of rotatable bonds is 6. The van der Waals surface area contributed by atoms with Crippen LogP contribution in [0.15, 0.2) is 35.6 Å². The summed E-state index contributed by atoms with van der Waals surface area (Å²) in [5.74, 6) is 0.877. The molecule has 0 aromatic carbocycles. The van der Waals surface area contributed by atoms with Crippen molar-refractivity contribution in [3.05, 3.63) is 36.3 Å². The molecule has 2 aromatic heterocycles. The molecule has 6 heteroatoms. The number of aromatic nitrogens is 2. The molecule has 1 saturated heterocycles. The summed E-state index contributed by atoms with van der Waals surface area (Å²) in [5.41, 5.74) is 2.09. The maximum absolute atomic E-state index is 4.62. The van der Waals surface area contributed by atoms with E-state index in [4.69, 9.17) is 0 Å². The van der Waals surface area contributed by atoms with Crippen molar-refractivity contribution in [3.63, 3.8) is 0 Å². The first kappa shape index (κ1) is 16.8. The summed E-state index contributed by atoms with van der Waals surface area (Å²) in [6, 6.07) is 6.69. The van der Waals surface area contributed by atoms with Gasteiger partial charge in [0.15, 0.2) is 5.96 Å². The smallest absolute Gasteiger partial charge is 0.191 e. The van der Waals surface area contributed by atoms with Crippen LogP contribution < -0.4 is 10.6 Å². The first-order valence-corrected chi connectivity index (χ1v) is 8.91. The standard InChI is InChI=1S/C18H28N6/c1-3-23-12-6-7-16(23)13-21-18(19-2)20-10-9-15-14-24-11-5-4-8-17(24)22-15/h4-5,8,11,14,16H,3,6-7,9-10,12-13H2,1-2H3,(H2,19,20,21). The van der Waals surface area contributed by atoms with E-state index in [0.717, 1.165) is 43.4 Å². The summed E-state index contributed by atoms with van der Waals surface area (Å²) in [6.45, 7) is 6.38. The van der Waals surface area contributed by atoms with Gasteiger partial charge in [-0.1, -0.05) is 13.0 Å². The number of hydrogen-bond donors (Lipinski definition) is 2. The number of aliphatic imine (C=N–C) groups is 1. The van der Waals surface area contributed by atoms with Crippen LogP contribution in [-0.4, -0.2) is 59.5 Å². The van der Waals surface area contributed by atoms with Gasteiger partial charge in [0, 0.05) is 45.0 Å². The molecule has 1 aliphatic heterocycles. The van der Waals surface area contributed by atoms with Gasteiger partial charge < -0.3 is 15.0 Å². The van der Waals surface area contributed by atoms with Crippen LogP contribution in [-0.2, 0) is 6.42 Å². The molecule has 130 valence electrons. The lowest BCUT2D eigenvalue weighted by Gasteiger charge is -2.23. The molecule has 0 radical (unpaired) electrons. The highest BCUT2D eigenvalue weighted by Gasteiger charge is 2.22. The Balaban J connectivity index is 1.44. The lowest BCUT2D eigenvalue weighted by Crippen LogP contribution is -2.45. The number of fused-ring (bicyclic) bond motifs is 1. The Bertz CT molecular complexity index is 644. The monoisotopic (exact) mass is 328 g/mol. The van der Waals surface area contributed by atoms with E-state index < -0.39 is 0 Å². The van der Waals surface area contributed by atoms with Gasteiger partial charge in [-0.3, -0.25) is 9.89 Å². The van der Waals surface area contributed by atoms with E-state index in [2.05, 4.69) is 43.0 Å². The SMILES string of the molecule is CCN1CCCC1CNC(=NC)NCCc1cn2ccccc2n1. The summed E-state index contributed by atoms with van der Waals surface area (Å²) in [7, 11) is 1.83. The van der Waals surface area contributed by atoms with Crippen molar-refractivity contribution in [1.82, 2.24) is 24.9 Å². The molecule has 6 nitrogen and oxygen atoms in total.